The van der Waals surface area contributed by atoms with Crippen molar-refractivity contribution < 1.29 is 10.2 Å². The molecular weight excluding hydrogens is 665 g/mol. The molecule has 8 aromatic rings. The fraction of sp³-hybridized carbons (Fsp3) is 0.0417. The van der Waals surface area contributed by atoms with Crippen LogP contribution in [0, 0.1) is 0 Å². The monoisotopic (exact) mass is 704 g/mol. The van der Waals surface area contributed by atoms with E-state index in [2.05, 4.69) is 117 Å². The van der Waals surface area contributed by atoms with Crippen molar-refractivity contribution in [1.29, 1.82) is 0 Å². The first kappa shape index (κ1) is 36.9. The minimum Gasteiger partial charge on any atom is -0.400 e. The summed E-state index contributed by atoms with van der Waals surface area (Å²) in [7, 11) is 2.00. The number of hydrogen-bond acceptors (Lipinski definition) is 6. The second-order valence-corrected chi connectivity index (χ2v) is 12.0. The van der Waals surface area contributed by atoms with Crippen LogP contribution < -0.4 is 0 Å². The van der Waals surface area contributed by atoms with Gasteiger partial charge in [-0.25, -0.2) is 0 Å². The molecule has 0 saturated carbocycles. The predicted molar refractivity (Wildman–Crippen MR) is 220 cm³/mol. The minimum atomic E-state index is 1.00. The predicted octanol–water partition coefficient (Wildman–Crippen LogP) is 10.2. The maximum Gasteiger partial charge on any atom is 0.0319 e. The lowest BCUT2D eigenvalue weighted by atomic mass is 9.84. The van der Waals surface area contributed by atoms with Gasteiger partial charge in [-0.15, -0.1) is 0 Å². The molecule has 0 radical (unpaired) electrons. The molecule has 0 bridgehead atoms. The molecule has 4 aromatic heterocycles. The fourth-order valence-corrected chi connectivity index (χ4v) is 6.41. The Morgan fingerprint density at radius 2 is 0.389 bits per heavy atom. The maximum absolute atomic E-state index is 7.00. The molecule has 0 unspecified atom stereocenters. The highest BCUT2D eigenvalue weighted by atomic mass is 16.2. The van der Waals surface area contributed by atoms with Crippen LogP contribution in [-0.4, -0.2) is 44.4 Å². The van der Waals surface area contributed by atoms with Gasteiger partial charge < -0.3 is 10.2 Å². The summed E-state index contributed by atoms with van der Waals surface area (Å²) in [5.41, 5.74) is 16.0. The number of aromatic nitrogens is 4. The minimum absolute atomic E-state index is 1.00. The van der Waals surface area contributed by atoms with Crippen LogP contribution in [0.1, 0.15) is 22.3 Å². The smallest absolute Gasteiger partial charge is 0.0319 e. The molecule has 264 valence electrons. The van der Waals surface area contributed by atoms with Gasteiger partial charge in [0.05, 0.1) is 0 Å². The van der Waals surface area contributed by atoms with Crippen molar-refractivity contribution in [2.45, 2.75) is 0 Å². The van der Waals surface area contributed by atoms with Crippen molar-refractivity contribution in [2.24, 2.45) is 0 Å². The third-order valence-electron chi connectivity index (χ3n) is 9.00. The average molecular weight is 705 g/mol. The van der Waals surface area contributed by atoms with Crippen LogP contribution in [-0.2, 0) is 0 Å². The van der Waals surface area contributed by atoms with Crippen LogP contribution in [0.5, 0.6) is 0 Å². The van der Waals surface area contributed by atoms with Crippen molar-refractivity contribution >= 4 is 11.1 Å². The third kappa shape index (κ3) is 8.60. The fourth-order valence-electron chi connectivity index (χ4n) is 6.41. The van der Waals surface area contributed by atoms with E-state index >= 15 is 0 Å². The summed E-state index contributed by atoms with van der Waals surface area (Å²) in [6, 6.07) is 51.8. The Morgan fingerprint density at radius 1 is 0.241 bits per heavy atom. The van der Waals surface area contributed by atoms with Crippen LogP contribution >= 0.6 is 0 Å². The lowest BCUT2D eigenvalue weighted by Crippen LogP contribution is -1.98. The largest absolute Gasteiger partial charge is 0.400 e. The maximum atomic E-state index is 7.00. The molecular formula is C48H40N4O2. The lowest BCUT2D eigenvalue weighted by Gasteiger charge is -2.19. The highest BCUT2D eigenvalue weighted by Crippen LogP contribution is 2.39. The summed E-state index contributed by atoms with van der Waals surface area (Å²) in [5.74, 6) is 0. The van der Waals surface area contributed by atoms with E-state index < -0.39 is 0 Å². The zero-order valence-corrected chi connectivity index (χ0v) is 30.2. The Morgan fingerprint density at radius 3 is 0.556 bits per heavy atom. The second-order valence-electron chi connectivity index (χ2n) is 12.0. The van der Waals surface area contributed by atoms with E-state index in [-0.39, 0.29) is 0 Å². The molecule has 0 aliphatic carbocycles. The molecule has 0 atom stereocenters. The summed E-state index contributed by atoms with van der Waals surface area (Å²) in [5, 5.41) is 14.0. The van der Waals surface area contributed by atoms with Crippen molar-refractivity contribution in [3.05, 3.63) is 217 Å². The van der Waals surface area contributed by atoms with Crippen LogP contribution in [0.2, 0.25) is 0 Å². The molecule has 0 aliphatic rings. The van der Waals surface area contributed by atoms with Gasteiger partial charge >= 0.3 is 0 Å². The van der Waals surface area contributed by atoms with Gasteiger partial charge in [-0.3, -0.25) is 19.9 Å². The van der Waals surface area contributed by atoms with Crippen LogP contribution in [0.15, 0.2) is 195 Å². The van der Waals surface area contributed by atoms with E-state index in [1.54, 1.807) is 0 Å². The molecule has 8 rings (SSSR count). The van der Waals surface area contributed by atoms with Crippen LogP contribution in [0.25, 0.3) is 55.7 Å². The summed E-state index contributed by atoms with van der Waals surface area (Å²) >= 11 is 0. The van der Waals surface area contributed by atoms with Gasteiger partial charge in [-0.1, -0.05) is 97.1 Å². The Kier molecular flexibility index (Phi) is 12.7. The number of nitrogens with zero attached hydrogens (tertiary/aromatic N) is 4. The molecule has 6 nitrogen and oxygen atoms in total. The Labute approximate surface area is 316 Å². The molecule has 4 heterocycles. The van der Waals surface area contributed by atoms with Gasteiger partial charge in [-0.05, 0) is 126 Å². The first-order chi connectivity index (χ1) is 26.8. The molecule has 0 aliphatic heterocycles. The molecule has 0 spiro atoms. The first-order valence-corrected chi connectivity index (χ1v) is 17.5. The molecule has 0 amide bonds. The number of aliphatic hydroxyl groups excluding tert-OH is 2. The molecule has 4 aromatic carbocycles. The SMILES string of the molecule is CO.CO.c1cc(-c2ccc(C(=C(c3ccc(-c4ccncc4)cc3)c3ccc(-c4ccncc4)cc3)c3ccc(-c4ccncc4)cc3)cc2)ccn1. The van der Waals surface area contributed by atoms with Crippen molar-refractivity contribution in [2.75, 3.05) is 14.2 Å². The highest BCUT2D eigenvalue weighted by molar-refractivity contribution is 6.05. The Balaban J connectivity index is 0.00000120. The topological polar surface area (TPSA) is 92.0 Å². The second kappa shape index (κ2) is 18.6. The summed E-state index contributed by atoms with van der Waals surface area (Å²) < 4.78 is 0. The van der Waals surface area contributed by atoms with Crippen molar-refractivity contribution in [3.63, 3.8) is 0 Å². The molecule has 0 saturated heterocycles. The van der Waals surface area contributed by atoms with E-state index in [0.717, 1.165) is 92.1 Å². The third-order valence-corrected chi connectivity index (χ3v) is 9.00. The lowest BCUT2D eigenvalue weighted by molar-refractivity contribution is 0.399. The number of aliphatic hydroxyl groups is 2. The zero-order valence-electron chi connectivity index (χ0n) is 30.2. The van der Waals surface area contributed by atoms with E-state index in [4.69, 9.17) is 10.2 Å². The quantitative estimate of drug-likeness (QED) is 0.153. The molecule has 54 heavy (non-hydrogen) atoms. The number of rotatable bonds is 8. The summed E-state index contributed by atoms with van der Waals surface area (Å²) in [4.78, 5) is 16.8. The van der Waals surface area contributed by atoms with Crippen LogP contribution in [0.4, 0.5) is 0 Å². The zero-order chi connectivity index (χ0) is 37.5. The van der Waals surface area contributed by atoms with Gasteiger partial charge in [-0.2, -0.15) is 0 Å². The molecule has 6 heteroatoms. The average Bonchev–Trinajstić information content (AvgIpc) is 3.28. The Hall–Kier alpha value is -6.86. The van der Waals surface area contributed by atoms with Gasteiger partial charge in [0.2, 0.25) is 0 Å². The summed E-state index contributed by atoms with van der Waals surface area (Å²) in [6.45, 7) is 0. The number of benzene rings is 4. The molecule has 0 fully saturated rings. The number of hydrogen-bond donors (Lipinski definition) is 2. The normalized spacial score (nSPS) is 10.2. The van der Waals surface area contributed by atoms with E-state index in [9.17, 15) is 0 Å². The standard InChI is InChI=1S/C46H32N4.2CH4O/c1-9-41(10-2-33(1)37-17-25-47-26-18-37)45(42-11-3-34(4-12-42)38-19-27-48-28-20-38)46(43-13-5-35(6-14-43)39-21-29-49-30-22-39)44-15-7-36(8-16-44)40-23-31-50-32-24-40;2*1-2/h1-32H;2*2H,1H3. The van der Waals surface area contributed by atoms with Gasteiger partial charge in [0.1, 0.15) is 0 Å². The van der Waals surface area contributed by atoms with Crippen LogP contribution in [0.3, 0.4) is 0 Å². The van der Waals surface area contributed by atoms with E-state index in [0.29, 0.717) is 0 Å². The van der Waals surface area contributed by atoms with Crippen molar-refractivity contribution in [1.82, 2.24) is 19.9 Å². The Bertz CT molecular complexity index is 2010. The highest BCUT2D eigenvalue weighted by Gasteiger charge is 2.18. The number of pyridine rings is 4. The van der Waals surface area contributed by atoms with Crippen molar-refractivity contribution in [3.8, 4) is 44.5 Å². The van der Waals surface area contributed by atoms with Gasteiger partial charge in [0.25, 0.3) is 0 Å². The summed E-state index contributed by atoms with van der Waals surface area (Å²) in [6.07, 6.45) is 14.7. The molecule has 2 N–H and O–H groups in total. The van der Waals surface area contributed by atoms with E-state index in [1.807, 2.05) is 98.1 Å². The van der Waals surface area contributed by atoms with Gasteiger partial charge in [0.15, 0.2) is 0 Å². The van der Waals surface area contributed by atoms with Gasteiger partial charge in [0, 0.05) is 63.8 Å². The van der Waals surface area contributed by atoms with E-state index in [1.165, 1.54) is 0 Å². The first-order valence-electron chi connectivity index (χ1n) is 17.5.